The summed E-state index contributed by atoms with van der Waals surface area (Å²) in [5, 5.41) is 9.73. The summed E-state index contributed by atoms with van der Waals surface area (Å²) >= 11 is 2.02. The fraction of sp³-hybridized carbons (Fsp3) is 0.188. The number of hydrogen-bond acceptors (Lipinski definition) is 3. The molecule has 2 aromatic carbocycles. The maximum Gasteiger partial charge on any atom is 0.254 e. The van der Waals surface area contributed by atoms with E-state index >= 15 is 0 Å². The molecule has 0 atom stereocenters. The third-order valence-electron chi connectivity index (χ3n) is 3.19. The van der Waals surface area contributed by atoms with Gasteiger partial charge in [-0.3, -0.25) is 4.79 Å². The molecule has 5 heteroatoms. The maximum absolute atomic E-state index is 12.5. The van der Waals surface area contributed by atoms with Gasteiger partial charge in [0.25, 0.3) is 5.91 Å². The van der Waals surface area contributed by atoms with Crippen molar-refractivity contribution >= 4 is 34.2 Å². The van der Waals surface area contributed by atoms with E-state index in [2.05, 4.69) is 0 Å². The van der Waals surface area contributed by atoms with Crippen LogP contribution in [-0.2, 0) is 6.54 Å². The topological polar surface area (TPSA) is 66.6 Å². The first-order valence-electron chi connectivity index (χ1n) is 6.63. The van der Waals surface area contributed by atoms with Gasteiger partial charge in [-0.25, -0.2) is 0 Å². The normalized spacial score (nSPS) is 10.4. The number of anilines is 1. The summed E-state index contributed by atoms with van der Waals surface area (Å²) in [6, 6.07) is 12.5. The fourth-order valence-corrected chi connectivity index (χ4v) is 2.40. The van der Waals surface area contributed by atoms with E-state index in [4.69, 9.17) is 5.73 Å². The van der Waals surface area contributed by atoms with Crippen LogP contribution >= 0.6 is 22.6 Å². The Hall–Kier alpha value is -1.76. The third kappa shape index (κ3) is 3.87. The molecule has 0 aliphatic heterocycles. The number of aromatic hydroxyl groups is 1. The number of halogens is 1. The Morgan fingerprint density at radius 3 is 2.67 bits per heavy atom. The molecule has 0 aromatic heterocycles. The molecular weight excluding hydrogens is 379 g/mol. The van der Waals surface area contributed by atoms with E-state index in [1.165, 1.54) is 6.07 Å². The van der Waals surface area contributed by atoms with Crippen molar-refractivity contribution in [2.45, 2.75) is 13.5 Å². The van der Waals surface area contributed by atoms with Gasteiger partial charge < -0.3 is 15.7 Å². The quantitative estimate of drug-likeness (QED) is 0.616. The van der Waals surface area contributed by atoms with Crippen molar-refractivity contribution in [2.75, 3.05) is 12.3 Å². The molecule has 1 amide bonds. The number of phenolic OH excluding ortho intramolecular Hbond substituents is 1. The summed E-state index contributed by atoms with van der Waals surface area (Å²) in [4.78, 5) is 14.2. The van der Waals surface area contributed by atoms with Gasteiger partial charge in [0, 0.05) is 24.3 Å². The third-order valence-corrected chi connectivity index (χ3v) is 4.10. The average molecular weight is 396 g/mol. The largest absolute Gasteiger partial charge is 0.507 e. The van der Waals surface area contributed by atoms with Crippen molar-refractivity contribution in [1.29, 1.82) is 0 Å². The lowest BCUT2D eigenvalue weighted by molar-refractivity contribution is 0.0752. The number of carbonyl (C=O) groups excluding carboxylic acids is 1. The lowest BCUT2D eigenvalue weighted by Crippen LogP contribution is -2.30. The molecule has 0 bridgehead atoms. The zero-order valence-corrected chi connectivity index (χ0v) is 13.9. The number of benzene rings is 2. The molecule has 0 fully saturated rings. The number of phenols is 1. The second kappa shape index (κ2) is 6.80. The number of carbonyl (C=O) groups is 1. The first-order chi connectivity index (χ1) is 10.0. The van der Waals surface area contributed by atoms with Gasteiger partial charge in [0.2, 0.25) is 0 Å². The summed E-state index contributed by atoms with van der Waals surface area (Å²) in [5.41, 5.74) is 7.92. The van der Waals surface area contributed by atoms with E-state index in [1.807, 2.05) is 53.8 Å². The van der Waals surface area contributed by atoms with Crippen molar-refractivity contribution in [1.82, 2.24) is 4.90 Å². The number of rotatable bonds is 4. The minimum absolute atomic E-state index is 0.105. The predicted molar refractivity (Wildman–Crippen MR) is 92.1 cm³/mol. The molecule has 0 saturated heterocycles. The van der Waals surface area contributed by atoms with Gasteiger partial charge in [-0.2, -0.15) is 0 Å². The van der Waals surface area contributed by atoms with E-state index < -0.39 is 0 Å². The van der Waals surface area contributed by atoms with E-state index in [0.717, 1.165) is 9.13 Å². The van der Waals surface area contributed by atoms with Gasteiger partial charge in [-0.05, 0) is 65.4 Å². The number of nitrogens with two attached hydrogens (primary N) is 1. The van der Waals surface area contributed by atoms with Gasteiger partial charge in [0.1, 0.15) is 5.75 Å². The molecule has 0 aliphatic carbocycles. The lowest BCUT2D eigenvalue weighted by atomic mass is 10.1. The van der Waals surface area contributed by atoms with Gasteiger partial charge in [0.05, 0.1) is 3.57 Å². The van der Waals surface area contributed by atoms with Gasteiger partial charge in [0.15, 0.2) is 0 Å². The number of nitrogens with zero attached hydrogens (tertiary/aromatic N) is 1. The second-order valence-electron chi connectivity index (χ2n) is 4.73. The summed E-state index contributed by atoms with van der Waals surface area (Å²) in [5.74, 6) is 0.0214. The Labute approximate surface area is 137 Å². The molecule has 0 aliphatic rings. The Kier molecular flexibility index (Phi) is 5.06. The highest BCUT2D eigenvalue weighted by Crippen LogP contribution is 2.22. The molecule has 4 nitrogen and oxygen atoms in total. The zero-order chi connectivity index (χ0) is 15.4. The molecule has 0 spiro atoms. The summed E-state index contributed by atoms with van der Waals surface area (Å²) in [7, 11) is 0. The van der Waals surface area contributed by atoms with Crippen LogP contribution in [0.5, 0.6) is 5.75 Å². The van der Waals surface area contributed by atoms with Crippen LogP contribution in [0.1, 0.15) is 22.8 Å². The van der Waals surface area contributed by atoms with Crippen LogP contribution in [-0.4, -0.2) is 22.5 Å². The van der Waals surface area contributed by atoms with Crippen molar-refractivity contribution in [3.05, 3.63) is 57.2 Å². The first kappa shape index (κ1) is 15.6. The minimum atomic E-state index is -0.105. The SMILES string of the molecule is CCN(Cc1cccc(N)c1)C(=O)c1ccc(I)c(O)c1. The molecule has 2 aromatic rings. The van der Waals surface area contributed by atoms with Crippen LogP contribution in [0.3, 0.4) is 0 Å². The Bertz CT molecular complexity index is 658. The van der Waals surface area contributed by atoms with Crippen molar-refractivity contribution in [3.63, 3.8) is 0 Å². The highest BCUT2D eigenvalue weighted by Gasteiger charge is 2.15. The Morgan fingerprint density at radius 2 is 2.05 bits per heavy atom. The molecular formula is C16H17IN2O2. The molecule has 3 N–H and O–H groups in total. The van der Waals surface area contributed by atoms with Crippen LogP contribution in [0, 0.1) is 3.57 Å². The zero-order valence-electron chi connectivity index (χ0n) is 11.7. The van der Waals surface area contributed by atoms with Crippen LogP contribution < -0.4 is 5.73 Å². The molecule has 0 heterocycles. The molecule has 2 rings (SSSR count). The van der Waals surface area contributed by atoms with Crippen molar-refractivity contribution in [3.8, 4) is 5.75 Å². The molecule has 21 heavy (non-hydrogen) atoms. The van der Waals surface area contributed by atoms with Gasteiger partial charge >= 0.3 is 0 Å². The summed E-state index contributed by atoms with van der Waals surface area (Å²) in [6.45, 7) is 3.00. The highest BCUT2D eigenvalue weighted by atomic mass is 127. The lowest BCUT2D eigenvalue weighted by Gasteiger charge is -2.21. The van der Waals surface area contributed by atoms with E-state index in [0.29, 0.717) is 24.3 Å². The van der Waals surface area contributed by atoms with Crippen LogP contribution in [0.4, 0.5) is 5.69 Å². The standard InChI is InChI=1S/C16H17IN2O2/c1-2-19(10-11-4-3-5-13(18)8-11)16(21)12-6-7-14(17)15(20)9-12/h3-9,20H,2,10,18H2,1H3. The highest BCUT2D eigenvalue weighted by molar-refractivity contribution is 14.1. The van der Waals surface area contributed by atoms with Crippen molar-refractivity contribution in [2.24, 2.45) is 0 Å². The van der Waals surface area contributed by atoms with E-state index in [-0.39, 0.29) is 11.7 Å². The fourth-order valence-electron chi connectivity index (χ4n) is 2.07. The number of hydrogen-bond donors (Lipinski definition) is 2. The number of nitrogen functional groups attached to an aromatic ring is 1. The minimum Gasteiger partial charge on any atom is -0.507 e. The van der Waals surface area contributed by atoms with Crippen LogP contribution in [0.25, 0.3) is 0 Å². The monoisotopic (exact) mass is 396 g/mol. The van der Waals surface area contributed by atoms with Crippen LogP contribution in [0.15, 0.2) is 42.5 Å². The van der Waals surface area contributed by atoms with Crippen LogP contribution in [0.2, 0.25) is 0 Å². The molecule has 110 valence electrons. The van der Waals surface area contributed by atoms with Crippen molar-refractivity contribution < 1.29 is 9.90 Å². The van der Waals surface area contributed by atoms with E-state index in [1.54, 1.807) is 17.0 Å². The Morgan fingerprint density at radius 1 is 1.29 bits per heavy atom. The van der Waals surface area contributed by atoms with E-state index in [9.17, 15) is 9.90 Å². The second-order valence-corrected chi connectivity index (χ2v) is 5.89. The summed E-state index contributed by atoms with van der Waals surface area (Å²) in [6.07, 6.45) is 0. The predicted octanol–water partition coefficient (Wildman–Crippen LogP) is 3.24. The smallest absolute Gasteiger partial charge is 0.254 e. The average Bonchev–Trinajstić information content (AvgIpc) is 2.47. The van der Waals surface area contributed by atoms with Gasteiger partial charge in [-0.1, -0.05) is 12.1 Å². The Balaban J connectivity index is 2.20. The van der Waals surface area contributed by atoms with Gasteiger partial charge in [-0.15, -0.1) is 0 Å². The summed E-state index contributed by atoms with van der Waals surface area (Å²) < 4.78 is 0.725. The first-order valence-corrected chi connectivity index (χ1v) is 7.71. The number of amides is 1. The molecule has 0 unspecified atom stereocenters. The molecule has 0 radical (unpaired) electrons. The maximum atomic E-state index is 12.5. The molecule has 0 saturated carbocycles.